The topological polar surface area (TPSA) is 23.5 Å². The minimum atomic E-state index is 0.335. The van der Waals surface area contributed by atoms with Gasteiger partial charge < -0.3 is 10.0 Å². The van der Waals surface area contributed by atoms with Gasteiger partial charge in [-0.3, -0.25) is 0 Å². The summed E-state index contributed by atoms with van der Waals surface area (Å²) >= 11 is 0. The minimum absolute atomic E-state index is 0.335. The Labute approximate surface area is 75.6 Å². The van der Waals surface area contributed by atoms with Gasteiger partial charge >= 0.3 is 0 Å². The second kappa shape index (κ2) is 4.83. The van der Waals surface area contributed by atoms with Gasteiger partial charge in [-0.25, -0.2) is 0 Å². The van der Waals surface area contributed by atoms with E-state index in [1.54, 1.807) is 0 Å². The standard InChI is InChI=1S/C10H21NO/c1-9(2)10-5-3-6-11(10)7-4-8-12/h9-10,12H,3-8H2,1-2H3. The van der Waals surface area contributed by atoms with E-state index in [1.165, 1.54) is 19.4 Å². The summed E-state index contributed by atoms with van der Waals surface area (Å²) in [6, 6.07) is 0.775. The van der Waals surface area contributed by atoms with Crippen molar-refractivity contribution in [1.29, 1.82) is 0 Å². The van der Waals surface area contributed by atoms with Gasteiger partial charge in [0.15, 0.2) is 0 Å². The summed E-state index contributed by atoms with van der Waals surface area (Å²) in [6.07, 6.45) is 3.63. The van der Waals surface area contributed by atoms with Crippen molar-refractivity contribution in [2.24, 2.45) is 5.92 Å². The van der Waals surface area contributed by atoms with Gasteiger partial charge in [-0.2, -0.15) is 0 Å². The summed E-state index contributed by atoms with van der Waals surface area (Å²) in [5.74, 6) is 0.770. The van der Waals surface area contributed by atoms with Crippen LogP contribution < -0.4 is 0 Å². The van der Waals surface area contributed by atoms with Crippen LogP contribution in [-0.4, -0.2) is 35.7 Å². The van der Waals surface area contributed by atoms with E-state index in [-0.39, 0.29) is 0 Å². The van der Waals surface area contributed by atoms with Gasteiger partial charge in [0.25, 0.3) is 0 Å². The fourth-order valence-electron chi connectivity index (χ4n) is 2.16. The molecule has 0 radical (unpaired) electrons. The van der Waals surface area contributed by atoms with E-state index < -0.39 is 0 Å². The molecule has 0 aromatic heterocycles. The van der Waals surface area contributed by atoms with Crippen LogP contribution in [0.4, 0.5) is 0 Å². The molecule has 2 nitrogen and oxygen atoms in total. The van der Waals surface area contributed by atoms with Gasteiger partial charge in [0.1, 0.15) is 0 Å². The molecular formula is C10H21NO. The molecule has 0 aromatic carbocycles. The lowest BCUT2D eigenvalue weighted by molar-refractivity contribution is 0.183. The molecule has 1 aliphatic heterocycles. The van der Waals surface area contributed by atoms with Gasteiger partial charge in [0, 0.05) is 19.2 Å². The van der Waals surface area contributed by atoms with Crippen LogP contribution in [0.3, 0.4) is 0 Å². The van der Waals surface area contributed by atoms with E-state index >= 15 is 0 Å². The van der Waals surface area contributed by atoms with Crippen molar-refractivity contribution in [3.8, 4) is 0 Å². The zero-order chi connectivity index (χ0) is 8.97. The molecule has 2 heteroatoms. The third-order valence-corrected chi connectivity index (χ3v) is 2.79. The Morgan fingerprint density at radius 1 is 1.50 bits per heavy atom. The first-order valence-corrected chi connectivity index (χ1v) is 5.10. The first-order chi connectivity index (χ1) is 5.75. The molecular weight excluding hydrogens is 150 g/mol. The first-order valence-electron chi connectivity index (χ1n) is 5.10. The maximum absolute atomic E-state index is 8.72. The van der Waals surface area contributed by atoms with E-state index in [4.69, 9.17) is 5.11 Å². The number of rotatable bonds is 4. The largest absolute Gasteiger partial charge is 0.396 e. The molecule has 1 unspecified atom stereocenters. The number of likely N-dealkylation sites (tertiary alicyclic amines) is 1. The molecule has 1 N–H and O–H groups in total. The summed E-state index contributed by atoms with van der Waals surface area (Å²) in [5.41, 5.74) is 0. The van der Waals surface area contributed by atoms with Crippen LogP contribution in [0.15, 0.2) is 0 Å². The summed E-state index contributed by atoms with van der Waals surface area (Å²) in [4.78, 5) is 2.53. The van der Waals surface area contributed by atoms with Crippen molar-refractivity contribution in [3.63, 3.8) is 0 Å². The van der Waals surface area contributed by atoms with Gasteiger partial charge in [0.05, 0.1) is 0 Å². The summed E-state index contributed by atoms with van der Waals surface area (Å²) < 4.78 is 0. The lowest BCUT2D eigenvalue weighted by atomic mass is 10.0. The molecule has 0 aliphatic carbocycles. The summed E-state index contributed by atoms with van der Waals surface area (Å²) in [7, 11) is 0. The van der Waals surface area contributed by atoms with Crippen LogP contribution in [0.5, 0.6) is 0 Å². The van der Waals surface area contributed by atoms with Gasteiger partial charge in [-0.1, -0.05) is 13.8 Å². The Kier molecular flexibility index (Phi) is 4.02. The maximum Gasteiger partial charge on any atom is 0.0443 e. The van der Waals surface area contributed by atoms with Crippen molar-refractivity contribution < 1.29 is 5.11 Å². The Morgan fingerprint density at radius 3 is 2.83 bits per heavy atom. The molecule has 12 heavy (non-hydrogen) atoms. The number of nitrogens with zero attached hydrogens (tertiary/aromatic N) is 1. The Balaban J connectivity index is 2.30. The van der Waals surface area contributed by atoms with Crippen LogP contribution in [-0.2, 0) is 0 Å². The third-order valence-electron chi connectivity index (χ3n) is 2.79. The van der Waals surface area contributed by atoms with Crippen molar-refractivity contribution in [2.45, 2.75) is 39.2 Å². The Bertz CT molecular complexity index is 125. The highest BCUT2D eigenvalue weighted by Crippen LogP contribution is 2.23. The van der Waals surface area contributed by atoms with Crippen LogP contribution in [0.25, 0.3) is 0 Å². The normalized spacial score (nSPS) is 25.5. The lowest BCUT2D eigenvalue weighted by Gasteiger charge is -2.27. The van der Waals surface area contributed by atoms with E-state index in [0.29, 0.717) is 6.61 Å². The number of aliphatic hydroxyl groups excluding tert-OH is 1. The quantitative estimate of drug-likeness (QED) is 0.692. The molecule has 1 aliphatic rings. The minimum Gasteiger partial charge on any atom is -0.396 e. The molecule has 72 valence electrons. The van der Waals surface area contributed by atoms with Crippen molar-refractivity contribution in [2.75, 3.05) is 19.7 Å². The van der Waals surface area contributed by atoms with E-state index in [9.17, 15) is 0 Å². The molecule has 1 saturated heterocycles. The monoisotopic (exact) mass is 171 g/mol. The van der Waals surface area contributed by atoms with E-state index in [2.05, 4.69) is 18.7 Å². The molecule has 1 atom stereocenters. The third kappa shape index (κ3) is 2.46. The Hall–Kier alpha value is -0.0800. The van der Waals surface area contributed by atoms with Crippen LogP contribution in [0, 0.1) is 5.92 Å². The highest BCUT2D eigenvalue weighted by Gasteiger charge is 2.25. The molecule has 0 amide bonds. The fraction of sp³-hybridized carbons (Fsp3) is 1.00. The average molecular weight is 171 g/mol. The molecule has 0 spiro atoms. The predicted molar refractivity (Wildman–Crippen MR) is 51.1 cm³/mol. The molecule has 1 heterocycles. The van der Waals surface area contributed by atoms with E-state index in [1.807, 2.05) is 0 Å². The average Bonchev–Trinajstić information content (AvgIpc) is 2.48. The van der Waals surface area contributed by atoms with Gasteiger partial charge in [-0.15, -0.1) is 0 Å². The SMILES string of the molecule is CC(C)C1CCCN1CCCO. The van der Waals surface area contributed by atoms with Gasteiger partial charge in [0.2, 0.25) is 0 Å². The molecule has 0 bridgehead atoms. The highest BCUT2D eigenvalue weighted by atomic mass is 16.3. The van der Waals surface area contributed by atoms with Crippen molar-refractivity contribution in [1.82, 2.24) is 4.90 Å². The molecule has 0 aromatic rings. The maximum atomic E-state index is 8.72. The zero-order valence-corrected chi connectivity index (χ0v) is 8.29. The molecule has 1 rings (SSSR count). The first kappa shape index (κ1) is 10.0. The van der Waals surface area contributed by atoms with Crippen LogP contribution >= 0.6 is 0 Å². The van der Waals surface area contributed by atoms with Gasteiger partial charge in [-0.05, 0) is 31.7 Å². The lowest BCUT2D eigenvalue weighted by Crippen LogP contribution is -2.34. The second-order valence-corrected chi connectivity index (χ2v) is 4.07. The van der Waals surface area contributed by atoms with Crippen LogP contribution in [0.1, 0.15) is 33.1 Å². The van der Waals surface area contributed by atoms with E-state index in [0.717, 1.165) is 24.9 Å². The van der Waals surface area contributed by atoms with Crippen LogP contribution in [0.2, 0.25) is 0 Å². The zero-order valence-electron chi connectivity index (χ0n) is 8.29. The van der Waals surface area contributed by atoms with Crippen molar-refractivity contribution >= 4 is 0 Å². The predicted octanol–water partition coefficient (Wildman–Crippen LogP) is 1.49. The Morgan fingerprint density at radius 2 is 2.25 bits per heavy atom. The van der Waals surface area contributed by atoms with Crippen molar-refractivity contribution in [3.05, 3.63) is 0 Å². The second-order valence-electron chi connectivity index (χ2n) is 4.07. The molecule has 0 saturated carbocycles. The highest BCUT2D eigenvalue weighted by molar-refractivity contribution is 4.80. The number of hydrogen-bond donors (Lipinski definition) is 1. The molecule has 1 fully saturated rings. The fourth-order valence-corrected chi connectivity index (χ4v) is 2.16. The summed E-state index contributed by atoms with van der Waals surface area (Å²) in [5, 5.41) is 8.72. The summed E-state index contributed by atoms with van der Waals surface area (Å²) in [6.45, 7) is 7.24. The number of hydrogen-bond acceptors (Lipinski definition) is 2. The smallest absolute Gasteiger partial charge is 0.0443 e. The number of aliphatic hydroxyl groups is 1.